The first kappa shape index (κ1) is 15.6. The Kier molecular flexibility index (Phi) is 9.52. The maximum atomic E-state index is 11.3. The Balaban J connectivity index is 3.47. The Morgan fingerprint density at radius 2 is 1.94 bits per heavy atom. The highest BCUT2D eigenvalue weighted by Crippen LogP contribution is 2.08. The van der Waals surface area contributed by atoms with Crippen molar-refractivity contribution >= 4 is 17.0 Å². The molecule has 0 aliphatic rings. The van der Waals surface area contributed by atoms with Crippen LogP contribution in [0.15, 0.2) is 0 Å². The minimum Gasteiger partial charge on any atom is -0.465 e. The number of carbonyl (C=O) groups is 1. The van der Waals surface area contributed by atoms with E-state index in [2.05, 4.69) is 13.8 Å². The number of carbonyl (C=O) groups excluding carboxylic acids is 1. The molecule has 0 saturated carbocycles. The summed E-state index contributed by atoms with van der Waals surface area (Å²) in [5, 5.41) is 0. The first-order chi connectivity index (χ1) is 7.60. The average Bonchev–Trinajstić information content (AvgIpc) is 2.25. The van der Waals surface area contributed by atoms with Gasteiger partial charge < -0.3 is 9.29 Å². The molecular weight excluding hydrogens is 228 g/mol. The molecular formula is C11H22O4S. The van der Waals surface area contributed by atoms with E-state index in [9.17, 15) is 9.00 Å². The molecule has 1 unspecified atom stereocenters. The second kappa shape index (κ2) is 9.78. The van der Waals surface area contributed by atoms with Crippen LogP contribution in [0.25, 0.3) is 0 Å². The van der Waals surface area contributed by atoms with E-state index < -0.39 is 11.1 Å². The summed E-state index contributed by atoms with van der Waals surface area (Å²) in [4.78, 5) is 11.3. The molecule has 0 rings (SSSR count). The monoisotopic (exact) mass is 250 g/mol. The molecule has 0 amide bonds. The number of hydrogen-bond acceptors (Lipinski definition) is 3. The zero-order valence-corrected chi connectivity index (χ0v) is 10.9. The highest BCUT2D eigenvalue weighted by atomic mass is 32.2. The number of hydrogen-bond donors (Lipinski definition) is 1. The molecule has 16 heavy (non-hydrogen) atoms. The van der Waals surface area contributed by atoms with E-state index in [1.807, 2.05) is 0 Å². The molecule has 1 atom stereocenters. The van der Waals surface area contributed by atoms with Crippen LogP contribution in [0.2, 0.25) is 0 Å². The number of rotatable bonds is 9. The third kappa shape index (κ3) is 8.85. The van der Waals surface area contributed by atoms with E-state index in [-0.39, 0.29) is 11.7 Å². The van der Waals surface area contributed by atoms with Crippen LogP contribution in [0, 0.1) is 5.92 Å². The van der Waals surface area contributed by atoms with Gasteiger partial charge in [-0.1, -0.05) is 26.7 Å². The van der Waals surface area contributed by atoms with E-state index in [1.54, 1.807) is 0 Å². The fourth-order valence-corrected chi connectivity index (χ4v) is 1.75. The SMILES string of the molecule is CCC(CC)COC(=O)CCCCS(=O)O. The lowest BCUT2D eigenvalue weighted by Crippen LogP contribution is -2.13. The van der Waals surface area contributed by atoms with Crippen molar-refractivity contribution in [1.82, 2.24) is 0 Å². The van der Waals surface area contributed by atoms with Gasteiger partial charge in [0.2, 0.25) is 0 Å². The fraction of sp³-hybridized carbons (Fsp3) is 0.909. The van der Waals surface area contributed by atoms with Crippen LogP contribution in [0.1, 0.15) is 46.0 Å². The molecule has 4 nitrogen and oxygen atoms in total. The maximum absolute atomic E-state index is 11.3. The van der Waals surface area contributed by atoms with Crippen molar-refractivity contribution in [3.63, 3.8) is 0 Å². The average molecular weight is 250 g/mol. The van der Waals surface area contributed by atoms with Gasteiger partial charge in [-0.3, -0.25) is 4.79 Å². The van der Waals surface area contributed by atoms with Crippen LogP contribution >= 0.6 is 0 Å². The smallest absolute Gasteiger partial charge is 0.305 e. The molecule has 0 aromatic rings. The Morgan fingerprint density at radius 3 is 2.44 bits per heavy atom. The first-order valence-corrected chi connectivity index (χ1v) is 7.10. The van der Waals surface area contributed by atoms with Crippen LogP contribution in [-0.2, 0) is 20.6 Å². The Hall–Kier alpha value is -0.420. The Bertz CT molecular complexity index is 214. The van der Waals surface area contributed by atoms with Crippen molar-refractivity contribution in [2.75, 3.05) is 12.4 Å². The van der Waals surface area contributed by atoms with Crippen molar-refractivity contribution < 1.29 is 18.3 Å². The quantitative estimate of drug-likeness (QED) is 0.387. The van der Waals surface area contributed by atoms with E-state index >= 15 is 0 Å². The second-order valence-electron chi connectivity index (χ2n) is 3.85. The minimum atomic E-state index is -1.75. The molecule has 0 heterocycles. The third-order valence-electron chi connectivity index (χ3n) is 2.58. The van der Waals surface area contributed by atoms with Crippen LogP contribution in [0.3, 0.4) is 0 Å². The summed E-state index contributed by atoms with van der Waals surface area (Å²) in [6.07, 6.45) is 3.59. The standard InChI is InChI=1S/C11H22O4S/c1-3-10(4-2)9-15-11(12)7-5-6-8-16(13)14/h10H,3-9H2,1-2H3,(H,13,14). The van der Waals surface area contributed by atoms with Gasteiger partial charge in [0.15, 0.2) is 11.1 Å². The summed E-state index contributed by atoms with van der Waals surface area (Å²) >= 11 is -1.75. The second-order valence-corrected chi connectivity index (χ2v) is 4.90. The summed E-state index contributed by atoms with van der Waals surface area (Å²) in [5.41, 5.74) is 0. The Morgan fingerprint density at radius 1 is 1.31 bits per heavy atom. The lowest BCUT2D eigenvalue weighted by atomic mass is 10.1. The topological polar surface area (TPSA) is 63.6 Å². The molecule has 5 heteroatoms. The maximum Gasteiger partial charge on any atom is 0.305 e. The number of esters is 1. The summed E-state index contributed by atoms with van der Waals surface area (Å²) in [6.45, 7) is 4.66. The summed E-state index contributed by atoms with van der Waals surface area (Å²) in [7, 11) is 0. The van der Waals surface area contributed by atoms with E-state index in [0.29, 0.717) is 31.8 Å². The highest BCUT2D eigenvalue weighted by molar-refractivity contribution is 7.79. The normalized spacial score (nSPS) is 12.8. The molecule has 0 aliphatic carbocycles. The van der Waals surface area contributed by atoms with Gasteiger partial charge in [0.05, 0.1) is 6.61 Å². The zero-order chi connectivity index (χ0) is 12.4. The molecule has 0 fully saturated rings. The predicted octanol–water partition coefficient (Wildman–Crippen LogP) is 2.36. The number of ether oxygens (including phenoxy) is 1. The van der Waals surface area contributed by atoms with Crippen molar-refractivity contribution in [2.45, 2.75) is 46.0 Å². The largest absolute Gasteiger partial charge is 0.465 e. The van der Waals surface area contributed by atoms with Gasteiger partial charge in [-0.15, -0.1) is 0 Å². The van der Waals surface area contributed by atoms with Gasteiger partial charge in [-0.05, 0) is 18.8 Å². The van der Waals surface area contributed by atoms with Crippen molar-refractivity contribution in [3.8, 4) is 0 Å². The van der Waals surface area contributed by atoms with Gasteiger partial charge in [0.25, 0.3) is 0 Å². The Labute approximate surface area is 100 Å². The van der Waals surface area contributed by atoms with Crippen LogP contribution < -0.4 is 0 Å². The van der Waals surface area contributed by atoms with Crippen molar-refractivity contribution in [2.24, 2.45) is 5.92 Å². The third-order valence-corrected chi connectivity index (χ3v) is 3.22. The van der Waals surface area contributed by atoms with Gasteiger partial charge in [0.1, 0.15) is 0 Å². The van der Waals surface area contributed by atoms with E-state index in [4.69, 9.17) is 9.29 Å². The molecule has 0 aromatic heterocycles. The molecule has 0 radical (unpaired) electrons. The van der Waals surface area contributed by atoms with Crippen LogP contribution in [0.5, 0.6) is 0 Å². The summed E-state index contributed by atoms with van der Waals surface area (Å²) < 4.78 is 24.0. The predicted molar refractivity (Wildman–Crippen MR) is 64.5 cm³/mol. The zero-order valence-electron chi connectivity index (χ0n) is 10.1. The molecule has 0 saturated heterocycles. The first-order valence-electron chi connectivity index (χ1n) is 5.83. The minimum absolute atomic E-state index is 0.198. The molecule has 96 valence electrons. The lowest BCUT2D eigenvalue weighted by Gasteiger charge is -2.12. The fourth-order valence-electron chi connectivity index (χ4n) is 1.30. The van der Waals surface area contributed by atoms with E-state index in [1.165, 1.54) is 0 Å². The summed E-state index contributed by atoms with van der Waals surface area (Å²) in [5.74, 6) is 0.490. The van der Waals surface area contributed by atoms with Gasteiger partial charge >= 0.3 is 5.97 Å². The molecule has 1 N–H and O–H groups in total. The van der Waals surface area contributed by atoms with Gasteiger partial charge in [-0.2, -0.15) is 0 Å². The van der Waals surface area contributed by atoms with Crippen LogP contribution in [-0.4, -0.2) is 27.1 Å². The lowest BCUT2D eigenvalue weighted by molar-refractivity contribution is -0.145. The van der Waals surface area contributed by atoms with Crippen molar-refractivity contribution in [3.05, 3.63) is 0 Å². The molecule has 0 aromatic carbocycles. The summed E-state index contributed by atoms with van der Waals surface area (Å²) in [6, 6.07) is 0. The molecule has 0 bridgehead atoms. The molecule has 0 aliphatic heterocycles. The van der Waals surface area contributed by atoms with Crippen LogP contribution in [0.4, 0.5) is 0 Å². The highest BCUT2D eigenvalue weighted by Gasteiger charge is 2.08. The van der Waals surface area contributed by atoms with Gasteiger partial charge in [0, 0.05) is 12.2 Å². The molecule has 0 spiro atoms. The van der Waals surface area contributed by atoms with Gasteiger partial charge in [-0.25, -0.2) is 4.21 Å². The number of unbranched alkanes of at least 4 members (excludes halogenated alkanes) is 1. The van der Waals surface area contributed by atoms with Crippen molar-refractivity contribution in [1.29, 1.82) is 0 Å². The van der Waals surface area contributed by atoms with E-state index in [0.717, 1.165) is 12.8 Å².